The second-order valence-electron chi connectivity index (χ2n) is 4.02. The van der Waals surface area contributed by atoms with E-state index in [2.05, 4.69) is 47.0 Å². The minimum atomic E-state index is 1.04. The summed E-state index contributed by atoms with van der Waals surface area (Å²) in [4.78, 5) is 4.57. The third-order valence-electron chi connectivity index (χ3n) is 2.55. The molecule has 3 aromatic rings. The lowest BCUT2D eigenvalue weighted by molar-refractivity contribution is 1.31. The molecule has 0 radical (unpaired) electrons. The Labute approximate surface area is 114 Å². The standard InChI is InChI=1S/C14H12N2S2/c1-10-5-4-6-11(9-10)16-18-14-15-12-7-2-3-8-13(12)17-14/h2-9,16H,1H3. The largest absolute Gasteiger partial charge is 0.324 e. The summed E-state index contributed by atoms with van der Waals surface area (Å²) in [7, 11) is 0. The van der Waals surface area contributed by atoms with Crippen molar-refractivity contribution in [3.8, 4) is 0 Å². The molecule has 0 amide bonds. The van der Waals surface area contributed by atoms with Gasteiger partial charge in [-0.05, 0) is 36.8 Å². The van der Waals surface area contributed by atoms with Crippen LogP contribution in [0.25, 0.3) is 10.2 Å². The van der Waals surface area contributed by atoms with Gasteiger partial charge in [-0.25, -0.2) is 4.98 Å². The zero-order valence-corrected chi connectivity index (χ0v) is 11.5. The molecule has 0 unspecified atom stereocenters. The molecule has 2 nitrogen and oxygen atoms in total. The van der Waals surface area contributed by atoms with E-state index in [1.54, 1.807) is 23.3 Å². The number of nitrogens with one attached hydrogen (secondary N) is 1. The topological polar surface area (TPSA) is 24.9 Å². The molecule has 0 aliphatic heterocycles. The van der Waals surface area contributed by atoms with Crippen LogP contribution in [0, 0.1) is 6.92 Å². The average Bonchev–Trinajstić information content (AvgIpc) is 2.79. The molecule has 4 heteroatoms. The Hall–Kier alpha value is -1.52. The Balaban J connectivity index is 1.76. The molecule has 0 fully saturated rings. The lowest BCUT2D eigenvalue weighted by Gasteiger charge is -2.03. The van der Waals surface area contributed by atoms with Crippen molar-refractivity contribution in [1.29, 1.82) is 0 Å². The van der Waals surface area contributed by atoms with Gasteiger partial charge in [0.2, 0.25) is 0 Å². The van der Waals surface area contributed by atoms with Crippen molar-refractivity contribution in [3.63, 3.8) is 0 Å². The highest BCUT2D eigenvalue weighted by Crippen LogP contribution is 2.30. The molecule has 90 valence electrons. The number of thiazole rings is 1. The number of anilines is 1. The van der Waals surface area contributed by atoms with Crippen LogP contribution >= 0.6 is 23.3 Å². The van der Waals surface area contributed by atoms with E-state index in [0.717, 1.165) is 15.5 Å². The number of para-hydroxylation sites is 1. The number of nitrogens with zero attached hydrogens (tertiary/aromatic N) is 1. The van der Waals surface area contributed by atoms with Gasteiger partial charge in [0.1, 0.15) is 0 Å². The van der Waals surface area contributed by atoms with Crippen LogP contribution in [-0.4, -0.2) is 4.98 Å². The quantitative estimate of drug-likeness (QED) is 0.698. The smallest absolute Gasteiger partial charge is 0.171 e. The van der Waals surface area contributed by atoms with E-state index < -0.39 is 0 Å². The first-order valence-corrected chi connectivity index (χ1v) is 7.30. The molecule has 0 atom stereocenters. The minimum absolute atomic E-state index is 1.04. The Morgan fingerprint density at radius 2 is 2.00 bits per heavy atom. The fraction of sp³-hybridized carbons (Fsp3) is 0.0714. The van der Waals surface area contributed by atoms with Crippen molar-refractivity contribution < 1.29 is 0 Å². The summed E-state index contributed by atoms with van der Waals surface area (Å²) in [6.07, 6.45) is 0. The molecule has 0 bridgehead atoms. The average molecular weight is 272 g/mol. The summed E-state index contributed by atoms with van der Waals surface area (Å²) in [6.45, 7) is 2.09. The van der Waals surface area contributed by atoms with Crippen molar-refractivity contribution in [2.75, 3.05) is 4.72 Å². The molecular weight excluding hydrogens is 260 g/mol. The lowest BCUT2D eigenvalue weighted by Crippen LogP contribution is -1.86. The van der Waals surface area contributed by atoms with Crippen LogP contribution in [0.3, 0.4) is 0 Å². The van der Waals surface area contributed by atoms with Crippen LogP contribution < -0.4 is 4.72 Å². The fourth-order valence-electron chi connectivity index (χ4n) is 1.71. The number of aromatic nitrogens is 1. The summed E-state index contributed by atoms with van der Waals surface area (Å²) >= 11 is 3.28. The molecule has 18 heavy (non-hydrogen) atoms. The Morgan fingerprint density at radius 3 is 2.83 bits per heavy atom. The fourth-order valence-corrected chi connectivity index (χ4v) is 3.44. The zero-order valence-electron chi connectivity index (χ0n) is 9.88. The zero-order chi connectivity index (χ0) is 12.4. The first-order chi connectivity index (χ1) is 8.81. The van der Waals surface area contributed by atoms with Gasteiger partial charge >= 0.3 is 0 Å². The second kappa shape index (κ2) is 5.00. The van der Waals surface area contributed by atoms with Crippen LogP contribution in [0.15, 0.2) is 52.9 Å². The summed E-state index contributed by atoms with van der Waals surface area (Å²) in [5, 5.41) is 0. The van der Waals surface area contributed by atoms with E-state index in [4.69, 9.17) is 0 Å². The number of rotatable bonds is 3. The van der Waals surface area contributed by atoms with Crippen molar-refractivity contribution in [3.05, 3.63) is 54.1 Å². The summed E-state index contributed by atoms with van der Waals surface area (Å²) in [5.74, 6) is 0. The van der Waals surface area contributed by atoms with Crippen molar-refractivity contribution >= 4 is 39.2 Å². The Kier molecular flexibility index (Phi) is 3.21. The number of hydrogen-bond donors (Lipinski definition) is 1. The van der Waals surface area contributed by atoms with Crippen molar-refractivity contribution in [1.82, 2.24) is 4.98 Å². The molecule has 0 spiro atoms. The van der Waals surface area contributed by atoms with Gasteiger partial charge < -0.3 is 4.72 Å². The number of fused-ring (bicyclic) bond motifs is 1. The summed E-state index contributed by atoms with van der Waals surface area (Å²) in [6, 6.07) is 16.5. The van der Waals surface area contributed by atoms with E-state index in [1.165, 1.54) is 10.3 Å². The van der Waals surface area contributed by atoms with Crippen molar-refractivity contribution in [2.24, 2.45) is 0 Å². The van der Waals surface area contributed by atoms with Crippen LogP contribution in [-0.2, 0) is 0 Å². The van der Waals surface area contributed by atoms with Gasteiger partial charge in [-0.15, -0.1) is 11.3 Å². The number of benzene rings is 2. The third-order valence-corrected chi connectivity index (χ3v) is 4.48. The SMILES string of the molecule is Cc1cccc(NSc2nc3ccccc3s2)c1. The molecular formula is C14H12N2S2. The molecule has 0 aliphatic rings. The van der Waals surface area contributed by atoms with Gasteiger partial charge in [0.25, 0.3) is 0 Å². The highest BCUT2D eigenvalue weighted by Gasteiger charge is 2.03. The maximum atomic E-state index is 4.57. The highest BCUT2D eigenvalue weighted by atomic mass is 32.2. The van der Waals surface area contributed by atoms with Crippen LogP contribution in [0.5, 0.6) is 0 Å². The van der Waals surface area contributed by atoms with E-state index in [0.29, 0.717) is 0 Å². The maximum Gasteiger partial charge on any atom is 0.171 e. The summed E-state index contributed by atoms with van der Waals surface area (Å²) < 4.78 is 5.59. The number of aryl methyl sites for hydroxylation is 1. The maximum absolute atomic E-state index is 4.57. The van der Waals surface area contributed by atoms with Crippen LogP contribution in [0.2, 0.25) is 0 Å². The van der Waals surface area contributed by atoms with Gasteiger partial charge in [0.15, 0.2) is 4.34 Å². The lowest BCUT2D eigenvalue weighted by atomic mass is 10.2. The van der Waals surface area contributed by atoms with Gasteiger partial charge in [-0.3, -0.25) is 0 Å². The molecule has 1 aromatic heterocycles. The van der Waals surface area contributed by atoms with Gasteiger partial charge in [-0.2, -0.15) is 0 Å². The minimum Gasteiger partial charge on any atom is -0.324 e. The first-order valence-electron chi connectivity index (χ1n) is 5.66. The molecule has 0 saturated heterocycles. The van der Waals surface area contributed by atoms with Crippen LogP contribution in [0.1, 0.15) is 5.56 Å². The second-order valence-corrected chi connectivity index (χ2v) is 6.11. The normalized spacial score (nSPS) is 10.7. The van der Waals surface area contributed by atoms with Gasteiger partial charge in [-0.1, -0.05) is 24.3 Å². The molecule has 0 saturated carbocycles. The highest BCUT2D eigenvalue weighted by molar-refractivity contribution is 8.02. The molecule has 3 rings (SSSR count). The number of hydrogen-bond acceptors (Lipinski definition) is 4. The molecule has 2 aromatic carbocycles. The predicted octanol–water partition coefficient (Wildman–Crippen LogP) is 4.72. The monoisotopic (exact) mass is 272 g/mol. The third kappa shape index (κ3) is 2.49. The van der Waals surface area contributed by atoms with Gasteiger partial charge in [0.05, 0.1) is 10.2 Å². The van der Waals surface area contributed by atoms with E-state index in [-0.39, 0.29) is 0 Å². The van der Waals surface area contributed by atoms with Crippen LogP contribution in [0.4, 0.5) is 5.69 Å². The Morgan fingerprint density at radius 1 is 1.11 bits per heavy atom. The summed E-state index contributed by atoms with van der Waals surface area (Å²) in [5.41, 5.74) is 3.43. The van der Waals surface area contributed by atoms with E-state index in [1.807, 2.05) is 18.2 Å². The molecule has 1 heterocycles. The van der Waals surface area contributed by atoms with Crippen molar-refractivity contribution in [2.45, 2.75) is 11.3 Å². The molecule has 1 N–H and O–H groups in total. The molecule has 0 aliphatic carbocycles. The van der Waals surface area contributed by atoms with Gasteiger partial charge in [0, 0.05) is 17.6 Å². The Bertz CT molecular complexity index is 643. The first kappa shape index (κ1) is 11.6. The van der Waals surface area contributed by atoms with E-state index in [9.17, 15) is 0 Å². The van der Waals surface area contributed by atoms with E-state index >= 15 is 0 Å². The predicted molar refractivity (Wildman–Crippen MR) is 80.3 cm³/mol.